The van der Waals surface area contributed by atoms with Gasteiger partial charge in [-0.1, -0.05) is 35.1 Å². The lowest BCUT2D eigenvalue weighted by Gasteiger charge is -2.00. The maximum atomic E-state index is 11.9. The monoisotopic (exact) mass is 350 g/mol. The molecule has 1 N–H and O–H groups in total. The van der Waals surface area contributed by atoms with Crippen LogP contribution in [0.25, 0.3) is 10.2 Å². The molecule has 0 spiro atoms. The molecule has 1 aromatic carbocycles. The van der Waals surface area contributed by atoms with Crippen LogP contribution in [0.15, 0.2) is 36.4 Å². The number of halogens is 1. The summed E-state index contributed by atoms with van der Waals surface area (Å²) in [5.74, 6) is -0.286. The summed E-state index contributed by atoms with van der Waals surface area (Å²) in [5, 5.41) is 3.29. The van der Waals surface area contributed by atoms with Crippen LogP contribution in [-0.4, -0.2) is 16.7 Å². The Morgan fingerprint density at radius 1 is 1.09 bits per heavy atom. The minimum absolute atomic E-state index is 0.0728. The zero-order valence-electron chi connectivity index (χ0n) is 11.3. The number of para-hydroxylation sites is 1. The lowest BCUT2D eigenvalue weighted by Crippen LogP contribution is -2.12. The highest BCUT2D eigenvalue weighted by Gasteiger charge is 2.13. The molecule has 0 aliphatic heterocycles. The summed E-state index contributed by atoms with van der Waals surface area (Å²) >= 11 is 8.44. The van der Waals surface area contributed by atoms with Crippen molar-refractivity contribution in [2.75, 3.05) is 5.32 Å². The Morgan fingerprint density at radius 3 is 2.64 bits per heavy atom. The number of carbonyl (C=O) groups is 2. The molecule has 0 unspecified atom stereocenters. The Balaban J connectivity index is 1.57. The normalized spacial score (nSPS) is 10.8. The van der Waals surface area contributed by atoms with Gasteiger partial charge in [0.2, 0.25) is 5.91 Å². The molecule has 0 radical (unpaired) electrons. The number of Topliss-reactive ketones (excluding diaryl/α,β-unsaturated/α-hetero) is 1. The first-order chi connectivity index (χ1) is 10.6. The number of thiazole rings is 1. The van der Waals surface area contributed by atoms with E-state index in [1.165, 1.54) is 22.7 Å². The van der Waals surface area contributed by atoms with Crippen LogP contribution >= 0.6 is 34.3 Å². The number of rotatable bonds is 5. The Hall–Kier alpha value is -1.76. The molecule has 0 saturated carbocycles. The van der Waals surface area contributed by atoms with Crippen molar-refractivity contribution in [3.8, 4) is 0 Å². The Kier molecular flexibility index (Phi) is 4.52. The third kappa shape index (κ3) is 3.52. The molecule has 3 rings (SSSR count). The van der Waals surface area contributed by atoms with Gasteiger partial charge in [0.1, 0.15) is 0 Å². The second-order valence-corrected chi connectivity index (χ2v) is 7.31. The minimum atomic E-state index is -0.213. The molecule has 7 heteroatoms. The van der Waals surface area contributed by atoms with Gasteiger partial charge in [-0.15, -0.1) is 11.3 Å². The summed E-state index contributed by atoms with van der Waals surface area (Å²) in [6.07, 6.45) is 0.290. The van der Waals surface area contributed by atoms with Gasteiger partial charge in [0.25, 0.3) is 0 Å². The molecule has 4 nitrogen and oxygen atoms in total. The largest absolute Gasteiger partial charge is 0.302 e. The predicted molar refractivity (Wildman–Crippen MR) is 91.1 cm³/mol. The first kappa shape index (κ1) is 15.1. The van der Waals surface area contributed by atoms with E-state index in [9.17, 15) is 9.59 Å². The topological polar surface area (TPSA) is 59.1 Å². The van der Waals surface area contributed by atoms with Crippen molar-refractivity contribution in [2.45, 2.75) is 12.8 Å². The third-order valence-electron chi connectivity index (χ3n) is 2.97. The van der Waals surface area contributed by atoms with Crippen LogP contribution in [0, 0.1) is 0 Å². The molecule has 0 aliphatic rings. The average molecular weight is 351 g/mol. The molecular weight excluding hydrogens is 340 g/mol. The van der Waals surface area contributed by atoms with Crippen molar-refractivity contribution < 1.29 is 9.59 Å². The number of amides is 1. The third-order valence-corrected chi connectivity index (χ3v) is 5.19. The van der Waals surface area contributed by atoms with E-state index in [1.807, 2.05) is 24.3 Å². The number of thiophene rings is 1. The fourth-order valence-electron chi connectivity index (χ4n) is 1.92. The first-order valence-electron chi connectivity index (χ1n) is 6.56. The lowest BCUT2D eigenvalue weighted by molar-refractivity contribution is -0.116. The van der Waals surface area contributed by atoms with Gasteiger partial charge < -0.3 is 5.32 Å². The van der Waals surface area contributed by atoms with Crippen molar-refractivity contribution in [3.63, 3.8) is 0 Å². The quantitative estimate of drug-likeness (QED) is 0.683. The van der Waals surface area contributed by atoms with Crippen LogP contribution in [0.2, 0.25) is 4.34 Å². The number of carbonyl (C=O) groups excluding carboxylic acids is 2. The number of nitrogens with one attached hydrogen (secondary N) is 1. The van der Waals surface area contributed by atoms with E-state index >= 15 is 0 Å². The van der Waals surface area contributed by atoms with Crippen molar-refractivity contribution >= 4 is 61.3 Å². The van der Waals surface area contributed by atoms with Crippen LogP contribution in [0.1, 0.15) is 22.5 Å². The molecule has 2 heterocycles. The SMILES string of the molecule is O=C(CCC(=O)c1ccc(Cl)s1)Nc1nc2ccccc2s1. The summed E-state index contributed by atoms with van der Waals surface area (Å²) in [6.45, 7) is 0. The Bertz CT molecular complexity index is 808. The number of nitrogens with zero attached hydrogens (tertiary/aromatic N) is 1. The van der Waals surface area contributed by atoms with Gasteiger partial charge in [-0.2, -0.15) is 0 Å². The van der Waals surface area contributed by atoms with Crippen LogP contribution in [-0.2, 0) is 4.79 Å². The van der Waals surface area contributed by atoms with E-state index in [0.717, 1.165) is 10.2 Å². The van der Waals surface area contributed by atoms with Gasteiger partial charge in [0, 0.05) is 12.8 Å². The van der Waals surface area contributed by atoms with E-state index < -0.39 is 0 Å². The molecule has 3 aromatic rings. The lowest BCUT2D eigenvalue weighted by atomic mass is 10.2. The van der Waals surface area contributed by atoms with E-state index in [4.69, 9.17) is 11.6 Å². The molecule has 0 fully saturated rings. The fraction of sp³-hybridized carbons (Fsp3) is 0.133. The molecule has 112 valence electrons. The van der Waals surface area contributed by atoms with Gasteiger partial charge in [0.15, 0.2) is 10.9 Å². The summed E-state index contributed by atoms with van der Waals surface area (Å²) in [4.78, 5) is 28.7. The average Bonchev–Trinajstić information content (AvgIpc) is 3.10. The highest BCUT2D eigenvalue weighted by Crippen LogP contribution is 2.26. The summed E-state index contributed by atoms with van der Waals surface area (Å²) in [7, 11) is 0. The second-order valence-electron chi connectivity index (χ2n) is 4.56. The zero-order chi connectivity index (χ0) is 15.5. The number of aromatic nitrogens is 1. The maximum absolute atomic E-state index is 11.9. The summed E-state index contributed by atoms with van der Waals surface area (Å²) in [6, 6.07) is 11.0. The smallest absolute Gasteiger partial charge is 0.226 e. The van der Waals surface area contributed by atoms with Crippen molar-refractivity contribution in [1.82, 2.24) is 4.98 Å². The summed E-state index contributed by atoms with van der Waals surface area (Å²) < 4.78 is 1.59. The highest BCUT2D eigenvalue weighted by atomic mass is 35.5. The number of hydrogen-bond donors (Lipinski definition) is 1. The Morgan fingerprint density at radius 2 is 1.91 bits per heavy atom. The highest BCUT2D eigenvalue weighted by molar-refractivity contribution is 7.22. The van der Waals surface area contributed by atoms with E-state index in [-0.39, 0.29) is 24.5 Å². The van der Waals surface area contributed by atoms with Gasteiger partial charge in [-0.3, -0.25) is 9.59 Å². The molecule has 0 bridgehead atoms. The van der Waals surface area contributed by atoms with Crippen molar-refractivity contribution in [2.24, 2.45) is 0 Å². The molecule has 1 amide bonds. The molecule has 0 aliphatic carbocycles. The predicted octanol–water partition coefficient (Wildman–Crippen LogP) is 4.61. The number of fused-ring (bicyclic) bond motifs is 1. The van der Waals surface area contributed by atoms with E-state index in [1.54, 1.807) is 12.1 Å². The zero-order valence-corrected chi connectivity index (χ0v) is 13.7. The van der Waals surface area contributed by atoms with Gasteiger partial charge >= 0.3 is 0 Å². The second kappa shape index (κ2) is 6.56. The van der Waals surface area contributed by atoms with Crippen LogP contribution < -0.4 is 5.32 Å². The summed E-state index contributed by atoms with van der Waals surface area (Å²) in [5.41, 5.74) is 0.854. The number of ketones is 1. The van der Waals surface area contributed by atoms with Crippen molar-refractivity contribution in [1.29, 1.82) is 0 Å². The maximum Gasteiger partial charge on any atom is 0.226 e. The molecule has 2 aromatic heterocycles. The number of benzene rings is 1. The van der Waals surface area contributed by atoms with E-state index in [0.29, 0.717) is 14.3 Å². The van der Waals surface area contributed by atoms with Gasteiger partial charge in [-0.05, 0) is 24.3 Å². The van der Waals surface area contributed by atoms with E-state index in [2.05, 4.69) is 10.3 Å². The molecule has 0 saturated heterocycles. The van der Waals surface area contributed by atoms with Gasteiger partial charge in [0.05, 0.1) is 19.4 Å². The molecule has 22 heavy (non-hydrogen) atoms. The van der Waals surface area contributed by atoms with Crippen molar-refractivity contribution in [3.05, 3.63) is 45.6 Å². The molecular formula is C15H11ClN2O2S2. The van der Waals surface area contributed by atoms with Crippen LogP contribution in [0.4, 0.5) is 5.13 Å². The first-order valence-corrected chi connectivity index (χ1v) is 8.57. The Labute approximate surface area is 139 Å². The van der Waals surface area contributed by atoms with Gasteiger partial charge in [-0.25, -0.2) is 4.98 Å². The standard InChI is InChI=1S/C15H11ClN2O2S2/c16-13-7-6-12(21-13)10(19)5-8-14(20)18-15-17-9-3-1-2-4-11(9)22-15/h1-4,6-7H,5,8H2,(H,17,18,20). The number of hydrogen-bond acceptors (Lipinski definition) is 5. The van der Waals surface area contributed by atoms with Crippen LogP contribution in [0.3, 0.4) is 0 Å². The fourth-order valence-corrected chi connectivity index (χ4v) is 3.81. The van der Waals surface area contributed by atoms with Crippen LogP contribution in [0.5, 0.6) is 0 Å². The minimum Gasteiger partial charge on any atom is -0.302 e. The number of anilines is 1. The molecule has 0 atom stereocenters.